The van der Waals surface area contributed by atoms with Gasteiger partial charge < -0.3 is 14.7 Å². The number of amides is 1. The number of primary amides is 1. The van der Waals surface area contributed by atoms with Gasteiger partial charge in [0.1, 0.15) is 5.76 Å². The monoisotopic (exact) mass is 279 g/mol. The fourth-order valence-electron chi connectivity index (χ4n) is 1.58. The first-order valence-corrected chi connectivity index (χ1v) is 6.51. The molecule has 0 fully saturated rings. The molecule has 2 N–H and O–H groups in total. The molecule has 0 bridgehead atoms. The van der Waals surface area contributed by atoms with E-state index in [1.165, 1.54) is 17.8 Å². The highest BCUT2D eigenvalue weighted by atomic mass is 32.2. The van der Waals surface area contributed by atoms with Crippen molar-refractivity contribution in [1.29, 1.82) is 0 Å². The van der Waals surface area contributed by atoms with Gasteiger partial charge in [-0.05, 0) is 6.92 Å². The standard InChI is InChI=1S/C12H13N3O3S/c1-7-8(5-10(18-7)11(13)17)9(16)6-19-12-14-3-4-15(12)2/h3-5H,6H2,1-2H3,(H2,13,17). The Morgan fingerprint density at radius 1 is 1.53 bits per heavy atom. The van der Waals surface area contributed by atoms with Gasteiger partial charge in [-0.15, -0.1) is 0 Å². The number of nitrogens with two attached hydrogens (primary N) is 1. The van der Waals surface area contributed by atoms with Crippen LogP contribution in [0.4, 0.5) is 0 Å². The number of rotatable bonds is 5. The molecule has 6 nitrogen and oxygen atoms in total. The summed E-state index contributed by atoms with van der Waals surface area (Å²) in [7, 11) is 1.86. The van der Waals surface area contributed by atoms with E-state index in [-0.39, 0.29) is 17.3 Å². The van der Waals surface area contributed by atoms with Crippen molar-refractivity contribution in [3.05, 3.63) is 35.5 Å². The third-order valence-electron chi connectivity index (χ3n) is 2.57. The molecule has 1 amide bonds. The Kier molecular flexibility index (Phi) is 3.75. The molecule has 0 saturated heterocycles. The van der Waals surface area contributed by atoms with Crippen LogP contribution in [0.25, 0.3) is 0 Å². The summed E-state index contributed by atoms with van der Waals surface area (Å²) in [6, 6.07) is 1.39. The number of Topliss-reactive ketones (excluding diaryl/α,β-unsaturated/α-hetero) is 1. The third-order valence-corrected chi connectivity index (χ3v) is 3.63. The molecule has 0 aromatic carbocycles. The van der Waals surface area contributed by atoms with Crippen molar-refractivity contribution in [3.8, 4) is 0 Å². The molecule has 0 aliphatic rings. The number of hydrogen-bond donors (Lipinski definition) is 1. The minimum absolute atomic E-state index is 0.00263. The number of hydrogen-bond acceptors (Lipinski definition) is 5. The number of furan rings is 1. The van der Waals surface area contributed by atoms with Gasteiger partial charge in [-0.25, -0.2) is 4.98 Å². The normalized spacial score (nSPS) is 10.6. The Bertz CT molecular complexity index is 630. The molecule has 2 heterocycles. The van der Waals surface area contributed by atoms with E-state index < -0.39 is 5.91 Å². The maximum Gasteiger partial charge on any atom is 0.284 e. The van der Waals surface area contributed by atoms with E-state index in [2.05, 4.69) is 4.98 Å². The van der Waals surface area contributed by atoms with Crippen molar-refractivity contribution in [1.82, 2.24) is 9.55 Å². The van der Waals surface area contributed by atoms with E-state index in [1.807, 2.05) is 11.6 Å². The van der Waals surface area contributed by atoms with Crippen LogP contribution in [0.3, 0.4) is 0 Å². The number of carbonyl (C=O) groups excluding carboxylic acids is 2. The summed E-state index contributed by atoms with van der Waals surface area (Å²) in [5, 5.41) is 0.754. The van der Waals surface area contributed by atoms with Gasteiger partial charge in [0.15, 0.2) is 16.7 Å². The molecule has 19 heavy (non-hydrogen) atoms. The lowest BCUT2D eigenvalue weighted by Gasteiger charge is -2.00. The third kappa shape index (κ3) is 2.87. The molecule has 0 atom stereocenters. The Labute approximate surface area is 114 Å². The minimum Gasteiger partial charge on any atom is -0.455 e. The summed E-state index contributed by atoms with van der Waals surface area (Å²) in [4.78, 5) is 27.1. The molecule has 0 aliphatic heterocycles. The van der Waals surface area contributed by atoms with Crippen molar-refractivity contribution >= 4 is 23.5 Å². The first-order valence-electron chi connectivity index (χ1n) is 5.52. The van der Waals surface area contributed by atoms with Crippen molar-refractivity contribution < 1.29 is 14.0 Å². The molecule has 0 saturated carbocycles. The van der Waals surface area contributed by atoms with E-state index in [0.29, 0.717) is 11.3 Å². The molecule has 2 aromatic rings. The number of nitrogens with zero attached hydrogens (tertiary/aromatic N) is 2. The highest BCUT2D eigenvalue weighted by Gasteiger charge is 2.18. The number of aromatic nitrogens is 2. The topological polar surface area (TPSA) is 91.1 Å². The van der Waals surface area contributed by atoms with Crippen LogP contribution < -0.4 is 5.73 Å². The van der Waals surface area contributed by atoms with E-state index in [9.17, 15) is 9.59 Å². The molecule has 2 aromatic heterocycles. The molecular formula is C12H13N3O3S. The van der Waals surface area contributed by atoms with Crippen molar-refractivity contribution in [2.75, 3.05) is 5.75 Å². The van der Waals surface area contributed by atoms with Crippen LogP contribution in [-0.2, 0) is 7.05 Å². The van der Waals surface area contributed by atoms with Gasteiger partial charge >= 0.3 is 0 Å². The summed E-state index contributed by atoms with van der Waals surface area (Å²) in [5.74, 6) is -0.175. The molecule has 0 spiro atoms. The lowest BCUT2D eigenvalue weighted by Crippen LogP contribution is -2.09. The predicted molar refractivity (Wildman–Crippen MR) is 70.2 cm³/mol. The van der Waals surface area contributed by atoms with Crippen LogP contribution in [0.2, 0.25) is 0 Å². The largest absolute Gasteiger partial charge is 0.455 e. The molecule has 2 rings (SSSR count). The van der Waals surface area contributed by atoms with Crippen LogP contribution in [0.5, 0.6) is 0 Å². The maximum atomic E-state index is 12.0. The van der Waals surface area contributed by atoms with Gasteiger partial charge in [0.05, 0.1) is 11.3 Å². The summed E-state index contributed by atoms with van der Waals surface area (Å²) < 4.78 is 6.96. The van der Waals surface area contributed by atoms with Gasteiger partial charge in [-0.1, -0.05) is 11.8 Å². The van der Waals surface area contributed by atoms with Gasteiger partial charge in [-0.3, -0.25) is 9.59 Å². The summed E-state index contributed by atoms with van der Waals surface area (Å²) in [6.07, 6.45) is 3.47. The summed E-state index contributed by atoms with van der Waals surface area (Å²) >= 11 is 1.33. The van der Waals surface area contributed by atoms with Crippen molar-refractivity contribution in [2.45, 2.75) is 12.1 Å². The molecular weight excluding hydrogens is 266 g/mol. The van der Waals surface area contributed by atoms with Crippen LogP contribution in [-0.4, -0.2) is 27.0 Å². The van der Waals surface area contributed by atoms with E-state index in [1.54, 1.807) is 19.3 Å². The number of imidazole rings is 1. The van der Waals surface area contributed by atoms with Crippen LogP contribution in [0, 0.1) is 6.92 Å². The first-order chi connectivity index (χ1) is 8.99. The number of thioether (sulfide) groups is 1. The maximum absolute atomic E-state index is 12.0. The summed E-state index contributed by atoms with van der Waals surface area (Å²) in [6.45, 7) is 1.63. The van der Waals surface area contributed by atoms with Crippen LogP contribution in [0.1, 0.15) is 26.7 Å². The zero-order valence-corrected chi connectivity index (χ0v) is 11.4. The lowest BCUT2D eigenvalue weighted by molar-refractivity contribution is 0.0970. The van der Waals surface area contributed by atoms with Crippen LogP contribution in [0.15, 0.2) is 28.0 Å². The number of carbonyl (C=O) groups is 2. The second kappa shape index (κ2) is 5.31. The second-order valence-corrected chi connectivity index (χ2v) is 4.92. The quantitative estimate of drug-likeness (QED) is 0.659. The predicted octanol–water partition coefficient (Wildman–Crippen LogP) is 1.40. The van der Waals surface area contributed by atoms with E-state index >= 15 is 0 Å². The molecule has 0 radical (unpaired) electrons. The second-order valence-electron chi connectivity index (χ2n) is 3.98. The SMILES string of the molecule is Cc1oc(C(N)=O)cc1C(=O)CSc1nccn1C. The molecule has 7 heteroatoms. The molecule has 100 valence electrons. The highest BCUT2D eigenvalue weighted by molar-refractivity contribution is 7.99. The van der Waals surface area contributed by atoms with E-state index in [4.69, 9.17) is 10.2 Å². The summed E-state index contributed by atoms with van der Waals surface area (Å²) in [5.41, 5.74) is 5.49. The number of ketones is 1. The average molecular weight is 279 g/mol. The first kappa shape index (κ1) is 13.4. The van der Waals surface area contributed by atoms with Crippen molar-refractivity contribution in [3.63, 3.8) is 0 Å². The Morgan fingerprint density at radius 3 is 2.79 bits per heavy atom. The zero-order valence-electron chi connectivity index (χ0n) is 10.5. The highest BCUT2D eigenvalue weighted by Crippen LogP contribution is 2.20. The van der Waals surface area contributed by atoms with Crippen molar-refractivity contribution in [2.24, 2.45) is 12.8 Å². The van der Waals surface area contributed by atoms with Crippen LogP contribution >= 0.6 is 11.8 Å². The van der Waals surface area contributed by atoms with Gasteiger partial charge in [-0.2, -0.15) is 0 Å². The Hall–Kier alpha value is -2.02. The number of aryl methyl sites for hydroxylation is 2. The smallest absolute Gasteiger partial charge is 0.284 e. The average Bonchev–Trinajstić information content (AvgIpc) is 2.93. The lowest BCUT2D eigenvalue weighted by atomic mass is 10.2. The van der Waals surface area contributed by atoms with Gasteiger partial charge in [0.25, 0.3) is 5.91 Å². The van der Waals surface area contributed by atoms with E-state index in [0.717, 1.165) is 5.16 Å². The fraction of sp³-hybridized carbons (Fsp3) is 0.250. The minimum atomic E-state index is -0.682. The van der Waals surface area contributed by atoms with Gasteiger partial charge in [0.2, 0.25) is 0 Å². The molecule has 0 unspecified atom stereocenters. The Balaban J connectivity index is 2.08. The van der Waals surface area contributed by atoms with Gasteiger partial charge in [0, 0.05) is 25.5 Å². The Morgan fingerprint density at radius 2 is 2.26 bits per heavy atom. The molecule has 0 aliphatic carbocycles. The zero-order chi connectivity index (χ0) is 14.0. The fourth-order valence-corrected chi connectivity index (χ4v) is 2.39.